The molecule has 3 heteroatoms. The molecule has 1 aromatic rings. The van der Waals surface area contributed by atoms with Crippen molar-refractivity contribution in [2.75, 3.05) is 7.11 Å². The Bertz CT molecular complexity index is 323. The number of aliphatic hydroxyl groups is 1. The van der Waals surface area contributed by atoms with E-state index in [0.717, 1.165) is 17.7 Å². The van der Waals surface area contributed by atoms with Gasteiger partial charge in [-0.3, -0.25) is 0 Å². The van der Waals surface area contributed by atoms with Gasteiger partial charge in [0.1, 0.15) is 5.75 Å². The van der Waals surface area contributed by atoms with Crippen LogP contribution in [0.2, 0.25) is 0 Å². The highest BCUT2D eigenvalue weighted by atomic mass is 79.9. The van der Waals surface area contributed by atoms with Crippen LogP contribution in [-0.2, 0) is 6.42 Å². The minimum absolute atomic E-state index is 0.0125. The molecule has 0 radical (unpaired) electrons. The van der Waals surface area contributed by atoms with E-state index in [1.54, 1.807) is 7.11 Å². The van der Waals surface area contributed by atoms with Crippen molar-refractivity contribution in [1.29, 1.82) is 0 Å². The molecule has 2 nitrogen and oxygen atoms in total. The molecule has 0 spiro atoms. The maximum atomic E-state index is 10.0. The summed E-state index contributed by atoms with van der Waals surface area (Å²) >= 11 is 3.38. The van der Waals surface area contributed by atoms with E-state index in [-0.39, 0.29) is 4.83 Å². The first-order chi connectivity index (χ1) is 7.10. The largest absolute Gasteiger partial charge is 0.496 e. The Morgan fingerprint density at radius 2 is 2.13 bits per heavy atom. The highest BCUT2D eigenvalue weighted by molar-refractivity contribution is 9.09. The monoisotopic (exact) mass is 272 g/mol. The Balaban J connectivity index is 3.11. The number of methoxy groups -OCH3 is 1. The van der Waals surface area contributed by atoms with E-state index >= 15 is 0 Å². The highest BCUT2D eigenvalue weighted by Gasteiger charge is 2.18. The molecule has 1 N–H and O–H groups in total. The summed E-state index contributed by atoms with van der Waals surface area (Å²) in [6.07, 6.45) is 0.423. The van der Waals surface area contributed by atoms with Gasteiger partial charge in [0.2, 0.25) is 0 Å². The van der Waals surface area contributed by atoms with Crippen molar-refractivity contribution in [3.8, 4) is 5.75 Å². The first-order valence-electron chi connectivity index (χ1n) is 5.09. The van der Waals surface area contributed by atoms with Crippen molar-refractivity contribution in [1.82, 2.24) is 0 Å². The number of aryl methyl sites for hydroxylation is 1. The van der Waals surface area contributed by atoms with Crippen LogP contribution in [0.25, 0.3) is 0 Å². The van der Waals surface area contributed by atoms with Crippen molar-refractivity contribution in [3.63, 3.8) is 0 Å². The second-order valence-corrected chi connectivity index (χ2v) is 5.00. The molecular formula is C12H17BrO2. The molecule has 1 aromatic carbocycles. The summed E-state index contributed by atoms with van der Waals surface area (Å²) < 4.78 is 5.24. The molecule has 2 unspecified atom stereocenters. The lowest BCUT2D eigenvalue weighted by Crippen LogP contribution is -2.09. The molecule has 0 heterocycles. The zero-order valence-corrected chi connectivity index (χ0v) is 10.9. The number of alkyl halides is 1. The average molecular weight is 273 g/mol. The zero-order valence-electron chi connectivity index (χ0n) is 9.33. The number of aliphatic hydroxyl groups excluding tert-OH is 1. The van der Waals surface area contributed by atoms with Crippen LogP contribution in [0.3, 0.4) is 0 Å². The molecule has 0 aromatic heterocycles. The van der Waals surface area contributed by atoms with Gasteiger partial charge in [-0.1, -0.05) is 28.9 Å². The molecule has 0 saturated heterocycles. The number of ether oxygens (including phenoxy) is 1. The fraction of sp³-hybridized carbons (Fsp3) is 0.500. The molecule has 0 amide bonds. The van der Waals surface area contributed by atoms with Gasteiger partial charge in [-0.25, -0.2) is 0 Å². The lowest BCUT2D eigenvalue weighted by Gasteiger charge is -2.17. The molecule has 0 bridgehead atoms. The molecule has 2 atom stereocenters. The van der Waals surface area contributed by atoms with Crippen LogP contribution in [0.4, 0.5) is 0 Å². The Morgan fingerprint density at radius 1 is 1.47 bits per heavy atom. The Kier molecular flexibility index (Phi) is 4.61. The average Bonchev–Trinajstić information content (AvgIpc) is 2.27. The third kappa shape index (κ3) is 2.95. The van der Waals surface area contributed by atoms with Crippen LogP contribution < -0.4 is 4.74 Å². The van der Waals surface area contributed by atoms with Crippen molar-refractivity contribution in [2.24, 2.45) is 0 Å². The van der Waals surface area contributed by atoms with Crippen LogP contribution in [0.1, 0.15) is 31.1 Å². The number of hydrogen-bond donors (Lipinski definition) is 1. The highest BCUT2D eigenvalue weighted by Crippen LogP contribution is 2.31. The number of hydrogen-bond acceptors (Lipinski definition) is 2. The van der Waals surface area contributed by atoms with Crippen molar-refractivity contribution in [2.45, 2.75) is 31.2 Å². The Morgan fingerprint density at radius 3 is 2.60 bits per heavy atom. The smallest absolute Gasteiger partial charge is 0.124 e. The number of halogens is 1. The van der Waals surface area contributed by atoms with E-state index in [0.29, 0.717) is 0 Å². The fourth-order valence-corrected chi connectivity index (χ4v) is 1.77. The van der Waals surface area contributed by atoms with E-state index in [9.17, 15) is 5.11 Å². The summed E-state index contributed by atoms with van der Waals surface area (Å²) in [5.74, 6) is 0.742. The first kappa shape index (κ1) is 12.5. The fourth-order valence-electron chi connectivity index (χ4n) is 1.48. The van der Waals surface area contributed by atoms with Crippen LogP contribution in [0, 0.1) is 0 Å². The van der Waals surface area contributed by atoms with Gasteiger partial charge in [-0.05, 0) is 31.0 Å². The molecule has 0 aliphatic rings. The summed E-state index contributed by atoms with van der Waals surface area (Å²) in [7, 11) is 1.62. The predicted molar refractivity (Wildman–Crippen MR) is 65.7 cm³/mol. The van der Waals surface area contributed by atoms with E-state index < -0.39 is 6.10 Å². The summed E-state index contributed by atoms with van der Waals surface area (Å²) in [6.45, 7) is 4.01. The lowest BCUT2D eigenvalue weighted by atomic mass is 10.0. The van der Waals surface area contributed by atoms with Crippen LogP contribution in [0.5, 0.6) is 5.75 Å². The van der Waals surface area contributed by atoms with E-state index in [1.807, 2.05) is 25.1 Å². The van der Waals surface area contributed by atoms with Gasteiger partial charge in [-0.2, -0.15) is 0 Å². The molecule has 0 fully saturated rings. The minimum atomic E-state index is -0.536. The molecule has 0 saturated carbocycles. The summed E-state index contributed by atoms with van der Waals surface area (Å²) in [5.41, 5.74) is 2.05. The minimum Gasteiger partial charge on any atom is -0.496 e. The van der Waals surface area contributed by atoms with Gasteiger partial charge in [0.25, 0.3) is 0 Å². The van der Waals surface area contributed by atoms with E-state index in [2.05, 4.69) is 22.9 Å². The molecule has 1 rings (SSSR count). The zero-order chi connectivity index (χ0) is 11.4. The van der Waals surface area contributed by atoms with Gasteiger partial charge in [0.15, 0.2) is 0 Å². The molecule has 0 aliphatic heterocycles. The first-order valence-corrected chi connectivity index (χ1v) is 6.00. The Labute approximate surface area is 99.4 Å². The second-order valence-electron chi connectivity index (χ2n) is 3.55. The Hall–Kier alpha value is -0.540. The molecular weight excluding hydrogens is 256 g/mol. The lowest BCUT2D eigenvalue weighted by molar-refractivity contribution is 0.177. The van der Waals surface area contributed by atoms with Gasteiger partial charge in [-0.15, -0.1) is 0 Å². The van der Waals surface area contributed by atoms with Gasteiger partial charge < -0.3 is 9.84 Å². The topological polar surface area (TPSA) is 29.5 Å². The molecule has 15 heavy (non-hydrogen) atoms. The van der Waals surface area contributed by atoms with Crippen molar-refractivity contribution >= 4 is 15.9 Å². The van der Waals surface area contributed by atoms with Crippen LogP contribution in [-0.4, -0.2) is 17.0 Å². The quantitative estimate of drug-likeness (QED) is 0.854. The predicted octanol–water partition coefficient (Wildman–Crippen LogP) is 3.07. The SMILES string of the molecule is CCc1ccc(OC)c(C(O)C(C)Br)c1. The van der Waals surface area contributed by atoms with E-state index in [4.69, 9.17) is 4.74 Å². The summed E-state index contributed by atoms with van der Waals surface area (Å²) in [4.78, 5) is 0.0125. The third-order valence-corrected chi connectivity index (χ3v) is 2.96. The number of benzene rings is 1. The van der Waals surface area contributed by atoms with Crippen molar-refractivity contribution in [3.05, 3.63) is 29.3 Å². The van der Waals surface area contributed by atoms with Crippen LogP contribution in [0.15, 0.2) is 18.2 Å². The normalized spacial score (nSPS) is 14.7. The van der Waals surface area contributed by atoms with Crippen molar-refractivity contribution < 1.29 is 9.84 Å². The van der Waals surface area contributed by atoms with Crippen LogP contribution >= 0.6 is 15.9 Å². The van der Waals surface area contributed by atoms with Gasteiger partial charge in [0, 0.05) is 10.4 Å². The summed E-state index contributed by atoms with van der Waals surface area (Å²) in [6, 6.07) is 5.93. The van der Waals surface area contributed by atoms with Gasteiger partial charge >= 0.3 is 0 Å². The standard InChI is InChI=1S/C12H17BrO2/c1-4-9-5-6-11(15-3)10(7-9)12(14)8(2)13/h5-8,12,14H,4H2,1-3H3. The number of rotatable bonds is 4. The maximum absolute atomic E-state index is 10.0. The summed E-state index contributed by atoms with van der Waals surface area (Å²) in [5, 5.41) is 10.0. The third-order valence-electron chi connectivity index (χ3n) is 2.46. The second kappa shape index (κ2) is 5.52. The maximum Gasteiger partial charge on any atom is 0.124 e. The van der Waals surface area contributed by atoms with E-state index in [1.165, 1.54) is 5.56 Å². The molecule has 0 aliphatic carbocycles. The molecule has 84 valence electrons. The van der Waals surface area contributed by atoms with Gasteiger partial charge in [0.05, 0.1) is 13.2 Å².